The van der Waals surface area contributed by atoms with Gasteiger partial charge in [-0.3, -0.25) is 14.4 Å². The summed E-state index contributed by atoms with van der Waals surface area (Å²) in [6.45, 7) is 6.55. The zero-order chi connectivity index (χ0) is 47.9. The highest BCUT2D eigenvalue weighted by Gasteiger charge is 2.19. The molecule has 0 aromatic carbocycles. The molecule has 0 amide bonds. The number of carbonyl (C=O) groups excluding carboxylic acids is 3. The van der Waals surface area contributed by atoms with Crippen LogP contribution in [0.3, 0.4) is 0 Å². The molecule has 386 valence electrons. The summed E-state index contributed by atoms with van der Waals surface area (Å²) in [6, 6.07) is 0. The van der Waals surface area contributed by atoms with Crippen LogP contribution in [0.1, 0.15) is 310 Å². The van der Waals surface area contributed by atoms with E-state index in [0.29, 0.717) is 19.3 Å². The van der Waals surface area contributed by atoms with Crippen molar-refractivity contribution in [1.29, 1.82) is 0 Å². The van der Waals surface area contributed by atoms with Gasteiger partial charge in [0.1, 0.15) is 13.2 Å². The molecule has 0 bridgehead atoms. The van der Waals surface area contributed by atoms with Crippen molar-refractivity contribution >= 4 is 17.9 Å². The van der Waals surface area contributed by atoms with Crippen molar-refractivity contribution in [2.75, 3.05) is 13.2 Å². The highest BCUT2D eigenvalue weighted by Crippen LogP contribution is 2.17. The average Bonchev–Trinajstić information content (AvgIpc) is 3.31. The van der Waals surface area contributed by atoms with Gasteiger partial charge in [-0.2, -0.15) is 0 Å². The fourth-order valence-electron chi connectivity index (χ4n) is 8.58. The first-order valence-electron chi connectivity index (χ1n) is 29.0. The Bertz CT molecular complexity index is 1110. The average molecular weight is 928 g/mol. The lowest BCUT2D eigenvalue weighted by Gasteiger charge is -2.18. The van der Waals surface area contributed by atoms with Crippen LogP contribution in [0.2, 0.25) is 0 Å². The molecule has 0 aliphatic rings. The number of esters is 3. The van der Waals surface area contributed by atoms with Crippen LogP contribution in [-0.2, 0) is 28.6 Å². The Morgan fingerprint density at radius 2 is 0.591 bits per heavy atom. The first-order valence-corrected chi connectivity index (χ1v) is 29.0. The van der Waals surface area contributed by atoms with E-state index in [4.69, 9.17) is 14.2 Å². The molecule has 6 nitrogen and oxygen atoms in total. The summed E-state index contributed by atoms with van der Waals surface area (Å²) < 4.78 is 16.9. The van der Waals surface area contributed by atoms with Gasteiger partial charge in [-0.1, -0.05) is 276 Å². The zero-order valence-corrected chi connectivity index (χ0v) is 44.2. The Hall–Kier alpha value is -2.37. The molecule has 0 unspecified atom stereocenters. The van der Waals surface area contributed by atoms with Crippen molar-refractivity contribution in [3.05, 3.63) is 36.5 Å². The van der Waals surface area contributed by atoms with Crippen LogP contribution in [0.25, 0.3) is 0 Å². The molecule has 0 N–H and O–H groups in total. The predicted octanol–water partition coefficient (Wildman–Crippen LogP) is 19.3. The second-order valence-corrected chi connectivity index (χ2v) is 19.5. The topological polar surface area (TPSA) is 78.9 Å². The van der Waals surface area contributed by atoms with Crippen molar-refractivity contribution < 1.29 is 28.6 Å². The van der Waals surface area contributed by atoms with Gasteiger partial charge in [0.2, 0.25) is 0 Å². The lowest BCUT2D eigenvalue weighted by molar-refractivity contribution is -0.167. The Labute approximate surface area is 410 Å². The fourth-order valence-corrected chi connectivity index (χ4v) is 8.58. The van der Waals surface area contributed by atoms with Gasteiger partial charge in [0.15, 0.2) is 6.10 Å². The minimum absolute atomic E-state index is 0.0728. The maximum Gasteiger partial charge on any atom is 0.306 e. The summed E-state index contributed by atoms with van der Waals surface area (Å²) in [5, 5.41) is 0. The van der Waals surface area contributed by atoms with Crippen LogP contribution in [0.4, 0.5) is 0 Å². The van der Waals surface area contributed by atoms with Crippen LogP contribution in [0.15, 0.2) is 36.5 Å². The summed E-state index contributed by atoms with van der Waals surface area (Å²) in [5.41, 5.74) is 0. The maximum atomic E-state index is 12.8. The van der Waals surface area contributed by atoms with E-state index in [9.17, 15) is 14.4 Å². The second-order valence-electron chi connectivity index (χ2n) is 19.5. The third kappa shape index (κ3) is 52.6. The minimum Gasteiger partial charge on any atom is -0.462 e. The summed E-state index contributed by atoms with van der Waals surface area (Å²) >= 11 is 0. The molecule has 0 fully saturated rings. The van der Waals surface area contributed by atoms with E-state index >= 15 is 0 Å². The standard InChI is InChI=1S/C60H110O6/c1-4-7-10-13-16-19-22-25-27-28-29-30-31-32-34-36-39-41-44-47-50-53-59(62)65-56-57(66-60(63)54-51-48-45-42-37-24-21-18-15-12-9-6-3)55-64-58(61)52-49-46-43-40-38-35-33-26-23-20-17-14-11-8-5-2/h8,11,17,20,26,33,57H,4-7,9-10,12-16,18-19,21-25,27-32,34-56H2,1-3H3/b11-8-,20-17-,33-26-/t57-/m1/s1. The third-order valence-electron chi connectivity index (χ3n) is 12.9. The molecule has 0 rings (SSSR count). The molecule has 0 aromatic rings. The van der Waals surface area contributed by atoms with E-state index in [1.165, 1.54) is 173 Å². The molecule has 0 heterocycles. The lowest BCUT2D eigenvalue weighted by Crippen LogP contribution is -2.30. The summed E-state index contributed by atoms with van der Waals surface area (Å²) in [7, 11) is 0. The first-order chi connectivity index (χ1) is 32.5. The first kappa shape index (κ1) is 63.6. The Morgan fingerprint density at radius 1 is 0.318 bits per heavy atom. The van der Waals surface area contributed by atoms with Gasteiger partial charge < -0.3 is 14.2 Å². The highest BCUT2D eigenvalue weighted by molar-refractivity contribution is 5.71. The third-order valence-corrected chi connectivity index (χ3v) is 12.9. The number of carbonyl (C=O) groups is 3. The molecular formula is C60H110O6. The van der Waals surface area contributed by atoms with Crippen LogP contribution < -0.4 is 0 Å². The van der Waals surface area contributed by atoms with Gasteiger partial charge in [-0.25, -0.2) is 0 Å². The van der Waals surface area contributed by atoms with E-state index in [2.05, 4.69) is 57.2 Å². The van der Waals surface area contributed by atoms with Crippen LogP contribution in [0, 0.1) is 0 Å². The maximum absolute atomic E-state index is 12.8. The van der Waals surface area contributed by atoms with Crippen molar-refractivity contribution in [2.45, 2.75) is 316 Å². The van der Waals surface area contributed by atoms with Gasteiger partial charge in [0.25, 0.3) is 0 Å². The van der Waals surface area contributed by atoms with Gasteiger partial charge in [0.05, 0.1) is 0 Å². The zero-order valence-electron chi connectivity index (χ0n) is 44.2. The van der Waals surface area contributed by atoms with Crippen molar-refractivity contribution in [1.82, 2.24) is 0 Å². The van der Waals surface area contributed by atoms with Gasteiger partial charge in [0, 0.05) is 19.3 Å². The Kier molecular flexibility index (Phi) is 53.2. The molecule has 0 saturated carbocycles. The summed E-state index contributed by atoms with van der Waals surface area (Å²) in [5.74, 6) is -0.873. The SMILES string of the molecule is CC/C=C\C/C=C\C/C=C\CCCCCCCC(=O)OC[C@H](COC(=O)CCCCCCCCCCCCCCCCCCCCCCC)OC(=O)CCCCCCCCCCCCCC. The number of allylic oxidation sites excluding steroid dienone is 6. The van der Waals surface area contributed by atoms with E-state index in [1.807, 2.05) is 0 Å². The van der Waals surface area contributed by atoms with Gasteiger partial charge in [-0.15, -0.1) is 0 Å². The number of rotatable bonds is 53. The van der Waals surface area contributed by atoms with Crippen molar-refractivity contribution in [3.63, 3.8) is 0 Å². The monoisotopic (exact) mass is 927 g/mol. The predicted molar refractivity (Wildman–Crippen MR) is 284 cm³/mol. The van der Waals surface area contributed by atoms with Crippen molar-refractivity contribution in [2.24, 2.45) is 0 Å². The molecule has 1 atom stereocenters. The van der Waals surface area contributed by atoms with Crippen LogP contribution in [-0.4, -0.2) is 37.2 Å². The van der Waals surface area contributed by atoms with E-state index in [1.54, 1.807) is 0 Å². The van der Waals surface area contributed by atoms with E-state index in [-0.39, 0.29) is 31.1 Å². The quantitative estimate of drug-likeness (QED) is 0.0262. The minimum atomic E-state index is -0.774. The molecule has 0 aliphatic heterocycles. The van der Waals surface area contributed by atoms with E-state index < -0.39 is 6.10 Å². The molecule has 66 heavy (non-hydrogen) atoms. The number of hydrogen-bond donors (Lipinski definition) is 0. The smallest absolute Gasteiger partial charge is 0.306 e. The van der Waals surface area contributed by atoms with Crippen molar-refractivity contribution in [3.8, 4) is 0 Å². The number of ether oxygens (including phenoxy) is 3. The molecular weight excluding hydrogens is 817 g/mol. The largest absolute Gasteiger partial charge is 0.462 e. The summed E-state index contributed by atoms with van der Waals surface area (Å²) in [4.78, 5) is 38.1. The Balaban J connectivity index is 4.27. The molecule has 0 radical (unpaired) electrons. The fraction of sp³-hybridized carbons (Fsp3) is 0.850. The lowest BCUT2D eigenvalue weighted by atomic mass is 10.0. The molecule has 0 saturated heterocycles. The van der Waals surface area contributed by atoms with Gasteiger partial charge in [-0.05, 0) is 51.4 Å². The molecule has 6 heteroatoms. The van der Waals surface area contributed by atoms with E-state index in [0.717, 1.165) is 96.3 Å². The molecule has 0 spiro atoms. The molecule has 0 aromatic heterocycles. The summed E-state index contributed by atoms with van der Waals surface area (Å²) in [6.07, 6.45) is 65.7. The number of unbranched alkanes of at least 4 members (excludes halogenated alkanes) is 36. The molecule has 0 aliphatic carbocycles. The van der Waals surface area contributed by atoms with Crippen LogP contribution >= 0.6 is 0 Å². The second kappa shape index (κ2) is 55.2. The number of hydrogen-bond acceptors (Lipinski definition) is 6. The van der Waals surface area contributed by atoms with Crippen LogP contribution in [0.5, 0.6) is 0 Å². The van der Waals surface area contributed by atoms with Gasteiger partial charge >= 0.3 is 17.9 Å². The highest BCUT2D eigenvalue weighted by atomic mass is 16.6. The normalized spacial score (nSPS) is 12.2. The Morgan fingerprint density at radius 3 is 0.924 bits per heavy atom.